The van der Waals surface area contributed by atoms with Gasteiger partial charge in [0.05, 0.1) is 5.69 Å². The van der Waals surface area contributed by atoms with Crippen molar-refractivity contribution in [3.63, 3.8) is 0 Å². The minimum atomic E-state index is -0.836. The molecule has 0 saturated carbocycles. The molecule has 0 aliphatic carbocycles. The summed E-state index contributed by atoms with van der Waals surface area (Å²) < 4.78 is 6.44. The Morgan fingerprint density at radius 2 is 1.69 bits per heavy atom. The van der Waals surface area contributed by atoms with Gasteiger partial charge >= 0.3 is 6.03 Å². The summed E-state index contributed by atoms with van der Waals surface area (Å²) in [5.74, 6) is -1.66. The number of rotatable bonds is 6. The maximum atomic E-state index is 13.1. The number of imide groups is 2. The molecule has 1 aliphatic rings. The van der Waals surface area contributed by atoms with Crippen LogP contribution in [0.25, 0.3) is 6.08 Å². The van der Waals surface area contributed by atoms with Gasteiger partial charge in [-0.2, -0.15) is 0 Å². The second kappa shape index (κ2) is 10.4. The van der Waals surface area contributed by atoms with Crippen molar-refractivity contribution in [1.82, 2.24) is 5.32 Å². The number of nitrogens with one attached hydrogen (secondary N) is 2. The maximum absolute atomic E-state index is 13.1. The lowest BCUT2D eigenvalue weighted by molar-refractivity contribution is -0.122. The Kier molecular flexibility index (Phi) is 7.07. The predicted octanol–water partition coefficient (Wildman–Crippen LogP) is 4.44. The molecule has 0 aromatic heterocycles. The van der Waals surface area contributed by atoms with Crippen LogP contribution in [0.2, 0.25) is 0 Å². The Hall–Kier alpha value is -4.24. The Bertz CT molecular complexity index is 1330. The van der Waals surface area contributed by atoms with E-state index in [0.717, 1.165) is 14.9 Å². The summed E-state index contributed by atoms with van der Waals surface area (Å²) in [6.45, 7) is 1.67. The molecular formula is C26H20BrN3O5. The molecule has 4 rings (SSSR count). The van der Waals surface area contributed by atoms with Gasteiger partial charge in [-0.3, -0.25) is 19.7 Å². The highest BCUT2D eigenvalue weighted by Gasteiger charge is 2.36. The lowest BCUT2D eigenvalue weighted by Gasteiger charge is -2.26. The molecule has 8 nitrogen and oxygen atoms in total. The summed E-state index contributed by atoms with van der Waals surface area (Å²) in [7, 11) is 0. The quantitative estimate of drug-likeness (QED) is 0.360. The summed E-state index contributed by atoms with van der Waals surface area (Å²) in [6.07, 6.45) is 1.34. The third kappa shape index (κ3) is 5.64. The smallest absolute Gasteiger partial charge is 0.335 e. The van der Waals surface area contributed by atoms with Crippen LogP contribution >= 0.6 is 15.9 Å². The number of carbonyl (C=O) groups excluding carboxylic acids is 4. The Morgan fingerprint density at radius 1 is 1.00 bits per heavy atom. The Morgan fingerprint density at radius 3 is 2.40 bits per heavy atom. The van der Waals surface area contributed by atoms with Gasteiger partial charge in [0.2, 0.25) is 0 Å². The largest absolute Gasteiger partial charge is 0.483 e. The number of anilines is 2. The van der Waals surface area contributed by atoms with E-state index in [1.807, 2.05) is 19.1 Å². The highest BCUT2D eigenvalue weighted by molar-refractivity contribution is 9.10. The second-order valence-electron chi connectivity index (χ2n) is 7.67. The van der Waals surface area contributed by atoms with Crippen LogP contribution in [0.4, 0.5) is 16.2 Å². The third-order valence-electron chi connectivity index (χ3n) is 5.10. The molecule has 0 radical (unpaired) electrons. The number of benzene rings is 3. The SMILES string of the molecule is Cc1ccc(NC(=O)COc2ccccc2/C=C2\C(=O)NC(=O)N(c3ccc(Br)cc3)C2=O)cc1. The minimum absolute atomic E-state index is 0.243. The zero-order valence-corrected chi connectivity index (χ0v) is 20.2. The number of aryl methyl sites for hydroxylation is 1. The molecule has 0 atom stereocenters. The fourth-order valence-corrected chi connectivity index (χ4v) is 3.61. The Labute approximate surface area is 209 Å². The molecule has 1 fully saturated rings. The van der Waals surface area contributed by atoms with Crippen molar-refractivity contribution >= 4 is 57.1 Å². The molecule has 2 N–H and O–H groups in total. The van der Waals surface area contributed by atoms with E-state index in [4.69, 9.17) is 4.74 Å². The number of urea groups is 1. The first-order chi connectivity index (χ1) is 16.8. The molecule has 0 bridgehead atoms. The highest BCUT2D eigenvalue weighted by atomic mass is 79.9. The number of hydrogen-bond donors (Lipinski definition) is 2. The fourth-order valence-electron chi connectivity index (χ4n) is 3.35. The van der Waals surface area contributed by atoms with E-state index in [2.05, 4.69) is 26.6 Å². The third-order valence-corrected chi connectivity index (χ3v) is 5.63. The van der Waals surface area contributed by atoms with Crippen LogP contribution in [0.3, 0.4) is 0 Å². The standard InChI is InChI=1S/C26H20BrN3O5/c1-16-6-10-19(11-7-16)28-23(31)15-35-22-5-3-2-4-17(22)14-21-24(32)29-26(34)30(25(21)33)20-12-8-18(27)9-13-20/h2-14H,15H2,1H3,(H,28,31)(H,29,32,34)/b21-14+. The van der Waals surface area contributed by atoms with Crippen molar-refractivity contribution in [2.75, 3.05) is 16.8 Å². The summed E-state index contributed by atoms with van der Waals surface area (Å²) in [5.41, 5.74) is 2.18. The van der Waals surface area contributed by atoms with E-state index in [-0.39, 0.29) is 18.1 Å². The number of hydrogen-bond acceptors (Lipinski definition) is 5. The zero-order chi connectivity index (χ0) is 24.9. The molecule has 0 unspecified atom stereocenters. The van der Waals surface area contributed by atoms with Crippen LogP contribution in [0.5, 0.6) is 5.75 Å². The normalized spacial score (nSPS) is 14.6. The van der Waals surface area contributed by atoms with E-state index in [1.54, 1.807) is 60.7 Å². The van der Waals surface area contributed by atoms with Crippen LogP contribution in [0.15, 0.2) is 82.8 Å². The predicted molar refractivity (Wildman–Crippen MR) is 135 cm³/mol. The van der Waals surface area contributed by atoms with E-state index < -0.39 is 17.8 Å². The number of carbonyl (C=O) groups is 4. The fraction of sp³-hybridized carbons (Fsp3) is 0.0769. The monoisotopic (exact) mass is 533 g/mol. The maximum Gasteiger partial charge on any atom is 0.335 e. The van der Waals surface area contributed by atoms with Crippen molar-refractivity contribution < 1.29 is 23.9 Å². The topological polar surface area (TPSA) is 105 Å². The first kappa shape index (κ1) is 23.9. The van der Waals surface area contributed by atoms with Crippen LogP contribution in [0.1, 0.15) is 11.1 Å². The average molecular weight is 534 g/mol. The lowest BCUT2D eigenvalue weighted by Crippen LogP contribution is -2.54. The summed E-state index contributed by atoms with van der Waals surface area (Å²) in [6, 6.07) is 19.7. The van der Waals surface area contributed by atoms with E-state index >= 15 is 0 Å². The van der Waals surface area contributed by atoms with Gasteiger partial charge in [-0.1, -0.05) is 51.8 Å². The number of amides is 5. The number of nitrogens with zero attached hydrogens (tertiary/aromatic N) is 1. The molecule has 3 aromatic rings. The molecule has 0 spiro atoms. The molecule has 1 saturated heterocycles. The molecule has 3 aromatic carbocycles. The summed E-state index contributed by atoms with van der Waals surface area (Å²) >= 11 is 3.31. The molecule has 176 valence electrons. The van der Waals surface area contributed by atoms with Crippen molar-refractivity contribution in [1.29, 1.82) is 0 Å². The first-order valence-electron chi connectivity index (χ1n) is 10.6. The molecule has 1 aliphatic heterocycles. The molecule has 35 heavy (non-hydrogen) atoms. The average Bonchev–Trinajstić information content (AvgIpc) is 2.83. The number of ether oxygens (including phenoxy) is 1. The minimum Gasteiger partial charge on any atom is -0.483 e. The van der Waals surface area contributed by atoms with Crippen LogP contribution in [-0.2, 0) is 14.4 Å². The number of halogens is 1. The van der Waals surface area contributed by atoms with E-state index in [1.165, 1.54) is 6.08 Å². The second-order valence-corrected chi connectivity index (χ2v) is 8.59. The summed E-state index contributed by atoms with van der Waals surface area (Å²) in [5, 5.41) is 4.93. The summed E-state index contributed by atoms with van der Waals surface area (Å²) in [4.78, 5) is 51.2. The zero-order valence-electron chi connectivity index (χ0n) is 18.6. The van der Waals surface area contributed by atoms with Gasteiger partial charge in [-0.05, 0) is 55.5 Å². The van der Waals surface area contributed by atoms with Crippen LogP contribution in [0, 0.1) is 6.92 Å². The van der Waals surface area contributed by atoms with Crippen LogP contribution in [-0.4, -0.2) is 30.4 Å². The van der Waals surface area contributed by atoms with Crippen LogP contribution < -0.4 is 20.3 Å². The van der Waals surface area contributed by atoms with Gasteiger partial charge in [0.15, 0.2) is 6.61 Å². The Balaban J connectivity index is 1.53. The highest BCUT2D eigenvalue weighted by Crippen LogP contribution is 2.26. The van der Waals surface area contributed by atoms with Gasteiger partial charge < -0.3 is 10.1 Å². The van der Waals surface area contributed by atoms with Gasteiger partial charge in [0.1, 0.15) is 11.3 Å². The van der Waals surface area contributed by atoms with Crippen molar-refractivity contribution in [2.24, 2.45) is 0 Å². The number of barbiturate groups is 1. The first-order valence-corrected chi connectivity index (χ1v) is 11.4. The molecule has 9 heteroatoms. The van der Waals surface area contributed by atoms with Crippen molar-refractivity contribution in [3.8, 4) is 5.75 Å². The van der Waals surface area contributed by atoms with E-state index in [0.29, 0.717) is 22.7 Å². The molecular weight excluding hydrogens is 514 g/mol. The van der Waals surface area contributed by atoms with Gasteiger partial charge in [0, 0.05) is 15.7 Å². The molecule has 5 amide bonds. The van der Waals surface area contributed by atoms with Gasteiger partial charge in [0.25, 0.3) is 17.7 Å². The van der Waals surface area contributed by atoms with Crippen molar-refractivity contribution in [2.45, 2.75) is 6.92 Å². The van der Waals surface area contributed by atoms with Gasteiger partial charge in [-0.25, -0.2) is 9.69 Å². The van der Waals surface area contributed by atoms with Crippen molar-refractivity contribution in [3.05, 3.63) is 94.0 Å². The lowest BCUT2D eigenvalue weighted by atomic mass is 10.1. The van der Waals surface area contributed by atoms with Gasteiger partial charge in [-0.15, -0.1) is 0 Å². The molecule has 1 heterocycles. The number of para-hydroxylation sites is 1. The van der Waals surface area contributed by atoms with E-state index in [9.17, 15) is 19.2 Å².